The number of nitrogens with zero attached hydrogens (tertiary/aromatic N) is 4. The van der Waals surface area contributed by atoms with Crippen molar-refractivity contribution in [2.45, 2.75) is 38.9 Å². The van der Waals surface area contributed by atoms with Crippen LogP contribution in [0.25, 0.3) is 0 Å². The molecule has 0 bridgehead atoms. The van der Waals surface area contributed by atoms with Crippen LogP contribution in [0, 0.1) is 6.92 Å². The summed E-state index contributed by atoms with van der Waals surface area (Å²) in [5.41, 5.74) is 4.82. The van der Waals surface area contributed by atoms with Crippen LogP contribution in [0.15, 0.2) is 60.8 Å². The molecule has 1 aromatic heterocycles. The van der Waals surface area contributed by atoms with Gasteiger partial charge in [0.2, 0.25) is 0 Å². The number of rotatable bonds is 3. The third kappa shape index (κ3) is 4.53. The van der Waals surface area contributed by atoms with Crippen molar-refractivity contribution < 1.29 is 14.3 Å². The van der Waals surface area contributed by atoms with Gasteiger partial charge in [-0.3, -0.25) is 14.6 Å². The number of hydrogen-bond donors (Lipinski definition) is 1. The van der Waals surface area contributed by atoms with Gasteiger partial charge in [0.25, 0.3) is 5.91 Å². The van der Waals surface area contributed by atoms with Crippen molar-refractivity contribution in [2.75, 3.05) is 36.0 Å². The number of aryl methyl sites for hydroxylation is 1. The molecule has 8 nitrogen and oxygen atoms in total. The summed E-state index contributed by atoms with van der Waals surface area (Å²) in [7, 11) is 0. The molecular weight excluding hydrogens is 466 g/mol. The highest BCUT2D eigenvalue weighted by Crippen LogP contribution is 2.33. The number of carbonyl (C=O) groups is 2. The smallest absolute Gasteiger partial charge is 0.323 e. The first-order valence-corrected chi connectivity index (χ1v) is 12.9. The van der Waals surface area contributed by atoms with Gasteiger partial charge in [-0.1, -0.05) is 24.3 Å². The van der Waals surface area contributed by atoms with Gasteiger partial charge in [-0.25, -0.2) is 9.78 Å². The maximum atomic E-state index is 13.8. The molecule has 2 aromatic carbocycles. The number of benzene rings is 2. The monoisotopic (exact) mass is 497 g/mol. The lowest BCUT2D eigenvalue weighted by Crippen LogP contribution is -2.44. The van der Waals surface area contributed by atoms with E-state index < -0.39 is 0 Å². The van der Waals surface area contributed by atoms with E-state index in [1.165, 1.54) is 12.0 Å². The number of anilines is 2. The van der Waals surface area contributed by atoms with Crippen LogP contribution in [-0.4, -0.2) is 54.1 Å². The van der Waals surface area contributed by atoms with Crippen molar-refractivity contribution in [3.05, 3.63) is 83.0 Å². The molecule has 3 aliphatic heterocycles. The number of carbonyl (C=O) groups excluding carboxylic acids is 2. The van der Waals surface area contributed by atoms with Crippen LogP contribution in [0.1, 0.15) is 39.9 Å². The fourth-order valence-corrected chi connectivity index (χ4v) is 5.64. The Morgan fingerprint density at radius 3 is 2.86 bits per heavy atom. The molecule has 8 heteroatoms. The number of fused-ring (bicyclic) bond motifs is 3. The summed E-state index contributed by atoms with van der Waals surface area (Å²) in [5.74, 6) is 1.16. The summed E-state index contributed by atoms with van der Waals surface area (Å²) in [6.45, 7) is 5.92. The minimum Gasteiger partial charge on any atom is -0.488 e. The van der Waals surface area contributed by atoms with Gasteiger partial charge in [-0.05, 0) is 73.3 Å². The van der Waals surface area contributed by atoms with Crippen LogP contribution < -0.4 is 19.9 Å². The number of aromatic nitrogens is 1. The summed E-state index contributed by atoms with van der Waals surface area (Å²) >= 11 is 0. The van der Waals surface area contributed by atoms with Crippen LogP contribution in [0.4, 0.5) is 16.3 Å². The van der Waals surface area contributed by atoms with Gasteiger partial charge in [0.05, 0.1) is 6.54 Å². The van der Waals surface area contributed by atoms with Crippen LogP contribution in [0.2, 0.25) is 0 Å². The lowest BCUT2D eigenvalue weighted by molar-refractivity contribution is 0.0980. The fourth-order valence-electron chi connectivity index (χ4n) is 5.64. The van der Waals surface area contributed by atoms with Gasteiger partial charge in [-0.15, -0.1) is 0 Å². The highest BCUT2D eigenvalue weighted by Gasteiger charge is 2.34. The number of ether oxygens (including phenoxy) is 1. The molecular formula is C29H31N5O3. The molecule has 0 radical (unpaired) electrons. The van der Waals surface area contributed by atoms with Gasteiger partial charge >= 0.3 is 6.03 Å². The van der Waals surface area contributed by atoms with Gasteiger partial charge in [0.15, 0.2) is 11.6 Å². The second kappa shape index (κ2) is 9.86. The number of pyridine rings is 1. The second-order valence-electron chi connectivity index (χ2n) is 9.94. The van der Waals surface area contributed by atoms with Crippen LogP contribution in [0.3, 0.4) is 0 Å². The van der Waals surface area contributed by atoms with Gasteiger partial charge in [0, 0.05) is 43.1 Å². The standard InChI is InChI=1S/C29H31N5O3/c1-20-16-21(28(35)34-19-24-7-5-13-32(24)18-23-6-2-3-8-25(23)34)10-11-22(20)17-31-29(36)33-14-15-37-26-9-4-12-30-27(26)33/h2-4,6,8-12,16,24H,5,7,13-15,17-19H2,1H3,(H,31,36). The van der Waals surface area contributed by atoms with Crippen molar-refractivity contribution in [3.8, 4) is 5.75 Å². The van der Waals surface area contributed by atoms with Crippen molar-refractivity contribution >= 4 is 23.4 Å². The Morgan fingerprint density at radius 2 is 1.97 bits per heavy atom. The first-order valence-electron chi connectivity index (χ1n) is 12.9. The zero-order chi connectivity index (χ0) is 25.4. The van der Waals surface area contributed by atoms with Gasteiger partial charge in [0.1, 0.15) is 6.61 Å². The molecule has 4 heterocycles. The molecule has 0 aliphatic carbocycles. The number of urea groups is 1. The third-order valence-electron chi connectivity index (χ3n) is 7.64. The number of hydrogen-bond acceptors (Lipinski definition) is 5. The molecule has 6 rings (SSSR count). The number of para-hydroxylation sites is 1. The van der Waals surface area contributed by atoms with E-state index in [1.54, 1.807) is 17.2 Å². The fraction of sp³-hybridized carbons (Fsp3) is 0.345. The molecule has 1 N–H and O–H groups in total. The lowest BCUT2D eigenvalue weighted by Gasteiger charge is -2.28. The predicted octanol–water partition coefficient (Wildman–Crippen LogP) is 4.12. The average molecular weight is 498 g/mol. The van der Waals surface area contributed by atoms with Crippen LogP contribution in [-0.2, 0) is 13.1 Å². The van der Waals surface area contributed by atoms with E-state index >= 15 is 0 Å². The Morgan fingerprint density at radius 1 is 1.08 bits per heavy atom. The molecule has 0 saturated carbocycles. The maximum absolute atomic E-state index is 13.8. The molecule has 37 heavy (non-hydrogen) atoms. The van der Waals surface area contributed by atoms with E-state index in [0.717, 1.165) is 36.3 Å². The van der Waals surface area contributed by atoms with E-state index in [1.807, 2.05) is 42.2 Å². The number of nitrogens with one attached hydrogen (secondary N) is 1. The summed E-state index contributed by atoms with van der Waals surface area (Å²) in [4.78, 5) is 37.1. The third-order valence-corrected chi connectivity index (χ3v) is 7.64. The average Bonchev–Trinajstić information content (AvgIpc) is 3.30. The minimum absolute atomic E-state index is 0.0240. The maximum Gasteiger partial charge on any atom is 0.323 e. The number of amides is 3. The first-order chi connectivity index (χ1) is 18.1. The Bertz CT molecular complexity index is 1340. The molecule has 1 atom stereocenters. The zero-order valence-corrected chi connectivity index (χ0v) is 21.0. The second-order valence-corrected chi connectivity index (χ2v) is 9.94. The van der Waals surface area contributed by atoms with E-state index in [9.17, 15) is 9.59 Å². The summed E-state index contributed by atoms with van der Waals surface area (Å²) in [5, 5.41) is 3.00. The highest BCUT2D eigenvalue weighted by atomic mass is 16.5. The lowest BCUT2D eigenvalue weighted by atomic mass is 10.0. The highest BCUT2D eigenvalue weighted by molar-refractivity contribution is 6.06. The van der Waals surface area contributed by atoms with Gasteiger partial charge in [-0.2, -0.15) is 0 Å². The summed E-state index contributed by atoms with van der Waals surface area (Å²) in [6.07, 6.45) is 3.96. The molecule has 190 valence electrons. The van der Waals surface area contributed by atoms with Crippen molar-refractivity contribution in [3.63, 3.8) is 0 Å². The normalized spacial score (nSPS) is 18.8. The Balaban J connectivity index is 1.17. The van der Waals surface area contributed by atoms with E-state index in [0.29, 0.717) is 49.4 Å². The predicted molar refractivity (Wildman–Crippen MR) is 142 cm³/mol. The summed E-state index contributed by atoms with van der Waals surface area (Å²) < 4.78 is 5.60. The summed E-state index contributed by atoms with van der Waals surface area (Å²) in [6, 6.07) is 17.8. The van der Waals surface area contributed by atoms with E-state index in [2.05, 4.69) is 33.4 Å². The quantitative estimate of drug-likeness (QED) is 0.589. The van der Waals surface area contributed by atoms with Crippen molar-refractivity contribution in [1.82, 2.24) is 15.2 Å². The molecule has 3 amide bonds. The molecule has 3 aliphatic rings. The SMILES string of the molecule is Cc1cc(C(=O)N2CC3CCCN3Cc3ccccc32)ccc1CNC(=O)N1CCOc2cccnc21. The molecule has 1 saturated heterocycles. The molecule has 1 unspecified atom stereocenters. The van der Waals surface area contributed by atoms with Crippen LogP contribution in [0.5, 0.6) is 5.75 Å². The van der Waals surface area contributed by atoms with Crippen LogP contribution >= 0.6 is 0 Å². The van der Waals surface area contributed by atoms with Gasteiger partial charge < -0.3 is 15.0 Å². The Kier molecular flexibility index (Phi) is 6.26. The minimum atomic E-state index is -0.218. The molecule has 3 aromatic rings. The Labute approximate surface area is 216 Å². The molecule has 0 spiro atoms. The zero-order valence-electron chi connectivity index (χ0n) is 21.0. The van der Waals surface area contributed by atoms with Crippen molar-refractivity contribution in [1.29, 1.82) is 0 Å². The largest absolute Gasteiger partial charge is 0.488 e. The van der Waals surface area contributed by atoms with E-state index in [-0.39, 0.29) is 11.9 Å². The van der Waals surface area contributed by atoms with Crippen molar-refractivity contribution in [2.24, 2.45) is 0 Å². The first kappa shape index (κ1) is 23.5. The molecule has 1 fully saturated rings. The Hall–Kier alpha value is -3.91. The topological polar surface area (TPSA) is 78.0 Å². The van der Waals surface area contributed by atoms with E-state index in [4.69, 9.17) is 4.74 Å².